The SMILES string of the molecule is CN[C@H]1CC[C@@H](c2ccc(Cl)c(Cl)c2)c2ccccc21.N[C@@H](CC(=O)[O-])C(=O)[O-]. The summed E-state index contributed by atoms with van der Waals surface area (Å²) in [4.78, 5) is 19.3. The van der Waals surface area contributed by atoms with Gasteiger partial charge in [0.05, 0.1) is 16.0 Å². The lowest BCUT2D eigenvalue weighted by molar-refractivity contribution is -0.316. The lowest BCUT2D eigenvalue weighted by atomic mass is 9.77. The van der Waals surface area contributed by atoms with Gasteiger partial charge in [0.1, 0.15) is 0 Å². The second kappa shape index (κ2) is 10.6. The van der Waals surface area contributed by atoms with Crippen LogP contribution in [0.15, 0.2) is 42.5 Å². The molecule has 0 aromatic heterocycles. The van der Waals surface area contributed by atoms with Crippen LogP contribution in [0.4, 0.5) is 0 Å². The van der Waals surface area contributed by atoms with E-state index in [9.17, 15) is 19.8 Å². The van der Waals surface area contributed by atoms with Crippen molar-refractivity contribution in [1.82, 2.24) is 5.32 Å². The molecule has 3 atom stereocenters. The molecule has 0 bridgehead atoms. The summed E-state index contributed by atoms with van der Waals surface area (Å²) in [5, 5.41) is 24.0. The molecular formula is C21H22Cl2N2O4-2. The molecule has 1 aliphatic rings. The topological polar surface area (TPSA) is 118 Å². The highest BCUT2D eigenvalue weighted by Gasteiger charge is 2.27. The number of halogens is 2. The second-order valence-corrected chi connectivity index (χ2v) is 7.59. The first kappa shape index (κ1) is 23.2. The highest BCUT2D eigenvalue weighted by Crippen LogP contribution is 2.42. The Kier molecular flexibility index (Phi) is 8.46. The molecule has 156 valence electrons. The van der Waals surface area contributed by atoms with Gasteiger partial charge in [-0.2, -0.15) is 0 Å². The Morgan fingerprint density at radius 2 is 1.76 bits per heavy atom. The van der Waals surface area contributed by atoms with Gasteiger partial charge < -0.3 is 30.9 Å². The van der Waals surface area contributed by atoms with Crippen LogP contribution in [0, 0.1) is 0 Å². The number of fused-ring (bicyclic) bond motifs is 1. The van der Waals surface area contributed by atoms with Gasteiger partial charge in [0.15, 0.2) is 0 Å². The van der Waals surface area contributed by atoms with E-state index in [2.05, 4.69) is 35.6 Å². The van der Waals surface area contributed by atoms with Crippen LogP contribution in [-0.2, 0) is 9.59 Å². The number of carboxylic acid groups (broad SMARTS) is 2. The largest absolute Gasteiger partial charge is 0.550 e. The number of carbonyl (C=O) groups is 2. The number of nitrogens with two attached hydrogens (primary N) is 1. The molecule has 0 aliphatic heterocycles. The summed E-state index contributed by atoms with van der Waals surface area (Å²) in [5.41, 5.74) is 8.79. The maximum absolute atomic E-state index is 9.71. The van der Waals surface area contributed by atoms with Crippen molar-refractivity contribution in [1.29, 1.82) is 0 Å². The van der Waals surface area contributed by atoms with Crippen molar-refractivity contribution in [3.05, 3.63) is 69.2 Å². The molecule has 0 fully saturated rings. The summed E-state index contributed by atoms with van der Waals surface area (Å²) >= 11 is 12.2. The van der Waals surface area contributed by atoms with Gasteiger partial charge in [-0.15, -0.1) is 0 Å². The molecule has 3 rings (SSSR count). The number of carboxylic acids is 2. The van der Waals surface area contributed by atoms with E-state index < -0.39 is 24.4 Å². The van der Waals surface area contributed by atoms with Gasteiger partial charge >= 0.3 is 0 Å². The summed E-state index contributed by atoms with van der Waals surface area (Å²) in [7, 11) is 2.03. The first-order valence-electron chi connectivity index (χ1n) is 9.11. The van der Waals surface area contributed by atoms with Gasteiger partial charge in [-0.05, 0) is 48.7 Å². The molecule has 6 nitrogen and oxygen atoms in total. The van der Waals surface area contributed by atoms with Gasteiger partial charge in [0.25, 0.3) is 0 Å². The average molecular weight is 437 g/mol. The Bertz CT molecular complexity index is 876. The van der Waals surface area contributed by atoms with Crippen LogP contribution in [0.25, 0.3) is 0 Å². The van der Waals surface area contributed by atoms with Crippen molar-refractivity contribution in [2.45, 2.75) is 37.3 Å². The molecule has 1 aliphatic carbocycles. The third kappa shape index (κ3) is 6.18. The maximum Gasteiger partial charge on any atom is 0.0595 e. The van der Waals surface area contributed by atoms with E-state index in [-0.39, 0.29) is 0 Å². The summed E-state index contributed by atoms with van der Waals surface area (Å²) in [5.74, 6) is -2.67. The predicted octanol–water partition coefficient (Wildman–Crippen LogP) is 1.38. The molecule has 0 saturated carbocycles. The molecule has 2 aromatic carbocycles. The molecule has 3 N–H and O–H groups in total. The van der Waals surface area contributed by atoms with Gasteiger partial charge in [-0.25, -0.2) is 0 Å². The highest BCUT2D eigenvalue weighted by atomic mass is 35.5. The minimum atomic E-state index is -1.58. The van der Waals surface area contributed by atoms with Crippen molar-refractivity contribution >= 4 is 35.1 Å². The first-order valence-corrected chi connectivity index (χ1v) is 9.87. The third-order valence-electron chi connectivity index (χ3n) is 4.87. The quantitative estimate of drug-likeness (QED) is 0.730. The fourth-order valence-corrected chi connectivity index (χ4v) is 3.73. The lowest BCUT2D eigenvalue weighted by Gasteiger charge is -2.32. The molecule has 0 saturated heterocycles. The highest BCUT2D eigenvalue weighted by molar-refractivity contribution is 6.42. The van der Waals surface area contributed by atoms with Crippen molar-refractivity contribution in [2.24, 2.45) is 5.73 Å². The number of carbonyl (C=O) groups excluding carboxylic acids is 2. The van der Waals surface area contributed by atoms with Crippen LogP contribution in [0.1, 0.15) is 47.9 Å². The average Bonchev–Trinajstić information content (AvgIpc) is 2.69. The minimum Gasteiger partial charge on any atom is -0.550 e. The summed E-state index contributed by atoms with van der Waals surface area (Å²) in [6, 6.07) is 13.7. The fraction of sp³-hybridized carbons (Fsp3) is 0.333. The zero-order chi connectivity index (χ0) is 21.6. The van der Waals surface area contributed by atoms with E-state index in [0.717, 1.165) is 12.8 Å². The van der Waals surface area contributed by atoms with Gasteiger partial charge in [-0.3, -0.25) is 0 Å². The lowest BCUT2D eigenvalue weighted by Crippen LogP contribution is -2.45. The number of hydrogen-bond donors (Lipinski definition) is 2. The summed E-state index contributed by atoms with van der Waals surface area (Å²) in [6.07, 6.45) is 1.56. The van der Waals surface area contributed by atoms with E-state index in [4.69, 9.17) is 28.9 Å². The Labute approximate surface area is 179 Å². The molecule has 8 heteroatoms. The van der Waals surface area contributed by atoms with Crippen LogP contribution in [-0.4, -0.2) is 25.0 Å². The summed E-state index contributed by atoms with van der Waals surface area (Å²) in [6.45, 7) is 0. The zero-order valence-corrected chi connectivity index (χ0v) is 17.4. The Morgan fingerprint density at radius 1 is 1.10 bits per heavy atom. The van der Waals surface area contributed by atoms with E-state index in [1.807, 2.05) is 19.2 Å². The molecule has 0 radical (unpaired) electrons. The van der Waals surface area contributed by atoms with Gasteiger partial charge in [0.2, 0.25) is 0 Å². The van der Waals surface area contributed by atoms with Crippen molar-refractivity contribution < 1.29 is 19.8 Å². The van der Waals surface area contributed by atoms with Gasteiger partial charge in [0, 0.05) is 30.4 Å². The third-order valence-corrected chi connectivity index (χ3v) is 5.61. The van der Waals surface area contributed by atoms with E-state index in [1.54, 1.807) is 0 Å². The van der Waals surface area contributed by atoms with Crippen molar-refractivity contribution in [2.75, 3.05) is 7.05 Å². The first-order chi connectivity index (χ1) is 13.7. The number of aliphatic carboxylic acids is 2. The molecule has 29 heavy (non-hydrogen) atoms. The number of rotatable bonds is 5. The molecule has 0 spiro atoms. The van der Waals surface area contributed by atoms with E-state index in [0.29, 0.717) is 22.0 Å². The molecular weight excluding hydrogens is 415 g/mol. The maximum atomic E-state index is 9.71. The molecule has 0 unspecified atom stereocenters. The molecule has 0 amide bonds. The monoisotopic (exact) mass is 436 g/mol. The standard InChI is InChI=1S/C17H17Cl2N.C4H7NO4/c1-20-17-9-7-12(13-4-2-3-5-14(13)17)11-6-8-15(18)16(19)10-11;5-2(4(8)9)1-3(6)7/h2-6,8,10,12,17,20H,7,9H2,1H3;2H,1,5H2,(H,6,7)(H,8,9)/p-2/t12-,17-;2-/m00/s1. The van der Waals surface area contributed by atoms with Crippen LogP contribution in [0.5, 0.6) is 0 Å². The fourth-order valence-electron chi connectivity index (χ4n) is 3.43. The molecule has 2 aromatic rings. The van der Waals surface area contributed by atoms with Gasteiger partial charge in [-0.1, -0.05) is 53.5 Å². The number of hydrogen-bond acceptors (Lipinski definition) is 6. The minimum absolute atomic E-state index is 0.408. The normalized spacial score (nSPS) is 18.8. The smallest absolute Gasteiger partial charge is 0.0595 e. The van der Waals surface area contributed by atoms with E-state index in [1.165, 1.54) is 16.7 Å². The number of nitrogens with one attached hydrogen (secondary N) is 1. The van der Waals surface area contributed by atoms with Crippen LogP contribution >= 0.6 is 23.2 Å². The van der Waals surface area contributed by atoms with E-state index >= 15 is 0 Å². The number of benzene rings is 2. The van der Waals surface area contributed by atoms with Crippen molar-refractivity contribution in [3.63, 3.8) is 0 Å². The predicted molar refractivity (Wildman–Crippen MR) is 108 cm³/mol. The Hall–Kier alpha value is -2.12. The van der Waals surface area contributed by atoms with Crippen molar-refractivity contribution in [3.8, 4) is 0 Å². The Morgan fingerprint density at radius 3 is 2.28 bits per heavy atom. The zero-order valence-electron chi connectivity index (χ0n) is 15.9. The summed E-state index contributed by atoms with van der Waals surface area (Å²) < 4.78 is 0. The second-order valence-electron chi connectivity index (χ2n) is 6.78. The van der Waals surface area contributed by atoms with Crippen LogP contribution in [0.2, 0.25) is 10.0 Å². The van der Waals surface area contributed by atoms with Crippen LogP contribution in [0.3, 0.4) is 0 Å². The van der Waals surface area contributed by atoms with Crippen LogP contribution < -0.4 is 21.3 Å². The Balaban J connectivity index is 0.000000284. The molecule has 0 heterocycles.